The Bertz CT molecular complexity index is 884. The van der Waals surface area contributed by atoms with Crippen LogP contribution in [0.25, 0.3) is 22.4 Å². The molecular weight excluding hydrogens is 362 g/mol. The molecule has 1 aromatic heterocycles. The predicted octanol–water partition coefficient (Wildman–Crippen LogP) is 2.84. The fourth-order valence-electron chi connectivity index (χ4n) is 3.28. The van der Waals surface area contributed by atoms with Gasteiger partial charge in [0.25, 0.3) is 0 Å². The van der Waals surface area contributed by atoms with Crippen molar-refractivity contribution in [1.82, 2.24) is 19.8 Å². The number of carbonyl (C=O) groups excluding carboxylic acids is 1. The van der Waals surface area contributed by atoms with E-state index in [-0.39, 0.29) is 18.3 Å². The zero-order chi connectivity index (χ0) is 17.9. The number of rotatable bonds is 4. The first-order valence-electron chi connectivity index (χ1n) is 8.94. The van der Waals surface area contributed by atoms with Crippen molar-refractivity contribution in [3.8, 4) is 11.4 Å². The predicted molar refractivity (Wildman–Crippen MR) is 111 cm³/mol. The number of imidazole rings is 1. The summed E-state index contributed by atoms with van der Waals surface area (Å²) >= 11 is 0. The van der Waals surface area contributed by atoms with E-state index >= 15 is 0 Å². The molecule has 1 amide bonds. The summed E-state index contributed by atoms with van der Waals surface area (Å²) in [5.41, 5.74) is 3.59. The third-order valence-corrected chi connectivity index (χ3v) is 4.81. The highest BCUT2D eigenvalue weighted by molar-refractivity contribution is 5.96. The summed E-state index contributed by atoms with van der Waals surface area (Å²) in [6.45, 7) is 4.28. The van der Waals surface area contributed by atoms with Crippen LogP contribution in [0.4, 0.5) is 5.69 Å². The summed E-state index contributed by atoms with van der Waals surface area (Å²) in [7, 11) is 2.11. The molecule has 2 aromatic carbocycles. The summed E-state index contributed by atoms with van der Waals surface area (Å²) in [6.07, 6.45) is 0. The van der Waals surface area contributed by atoms with E-state index in [2.05, 4.69) is 32.1 Å². The molecule has 1 saturated heterocycles. The standard InChI is InChI=1S/C20H23N5O.ClH/c1-24-10-12-25(13-11-24)14-19(26)21-16-7-3-2-6-15(16)20-22-17-8-4-5-9-18(17)23-20;/h2-9H,10-14H2,1H3,(H,21,26)(H,22,23);1H. The zero-order valence-electron chi connectivity index (χ0n) is 15.3. The van der Waals surface area contributed by atoms with Crippen molar-refractivity contribution < 1.29 is 4.79 Å². The maximum absolute atomic E-state index is 12.5. The fraction of sp³-hybridized carbons (Fsp3) is 0.300. The van der Waals surface area contributed by atoms with E-state index in [1.165, 1.54) is 0 Å². The van der Waals surface area contributed by atoms with Crippen molar-refractivity contribution in [2.45, 2.75) is 0 Å². The van der Waals surface area contributed by atoms with Gasteiger partial charge in [0.05, 0.1) is 23.3 Å². The Morgan fingerprint density at radius 1 is 1.07 bits per heavy atom. The lowest BCUT2D eigenvalue weighted by Gasteiger charge is -2.31. The molecule has 1 aliphatic heterocycles. The number of carbonyl (C=O) groups is 1. The van der Waals surface area contributed by atoms with Crippen LogP contribution in [-0.4, -0.2) is 65.4 Å². The van der Waals surface area contributed by atoms with E-state index in [1.807, 2.05) is 48.5 Å². The number of hydrogen-bond acceptors (Lipinski definition) is 4. The maximum Gasteiger partial charge on any atom is 0.238 e. The topological polar surface area (TPSA) is 64.3 Å². The van der Waals surface area contributed by atoms with Gasteiger partial charge in [0.1, 0.15) is 5.82 Å². The molecule has 0 spiro atoms. The number of nitrogens with zero attached hydrogens (tertiary/aromatic N) is 3. The Hall–Kier alpha value is -2.41. The molecule has 3 aromatic rings. The lowest BCUT2D eigenvalue weighted by molar-refractivity contribution is -0.117. The quantitative estimate of drug-likeness (QED) is 0.724. The first-order valence-corrected chi connectivity index (χ1v) is 8.94. The van der Waals surface area contributed by atoms with E-state index in [0.717, 1.165) is 54.3 Å². The molecule has 0 radical (unpaired) electrons. The van der Waals surface area contributed by atoms with Crippen LogP contribution in [-0.2, 0) is 4.79 Å². The second-order valence-corrected chi connectivity index (χ2v) is 6.78. The number of fused-ring (bicyclic) bond motifs is 1. The molecule has 0 aliphatic carbocycles. The van der Waals surface area contributed by atoms with Gasteiger partial charge in [-0.15, -0.1) is 12.4 Å². The number of benzene rings is 2. The Labute approximate surface area is 165 Å². The van der Waals surface area contributed by atoms with E-state index in [9.17, 15) is 4.79 Å². The largest absolute Gasteiger partial charge is 0.338 e. The minimum Gasteiger partial charge on any atom is -0.338 e. The number of piperazine rings is 1. The van der Waals surface area contributed by atoms with Gasteiger partial charge in [-0.25, -0.2) is 4.98 Å². The van der Waals surface area contributed by atoms with Gasteiger partial charge < -0.3 is 15.2 Å². The molecule has 2 N–H and O–H groups in total. The third kappa shape index (κ3) is 4.47. The molecule has 2 heterocycles. The molecule has 1 fully saturated rings. The van der Waals surface area contributed by atoms with Gasteiger partial charge in [-0.1, -0.05) is 24.3 Å². The Morgan fingerprint density at radius 2 is 1.78 bits per heavy atom. The van der Waals surface area contributed by atoms with Gasteiger partial charge in [-0.05, 0) is 31.3 Å². The molecule has 0 unspecified atom stereocenters. The summed E-state index contributed by atoms with van der Waals surface area (Å²) in [5.74, 6) is 0.778. The Morgan fingerprint density at radius 3 is 2.56 bits per heavy atom. The fourth-order valence-corrected chi connectivity index (χ4v) is 3.28. The van der Waals surface area contributed by atoms with Gasteiger partial charge >= 0.3 is 0 Å². The van der Waals surface area contributed by atoms with Gasteiger partial charge in [0, 0.05) is 31.7 Å². The number of H-pyrrole nitrogens is 1. The van der Waals surface area contributed by atoms with Crippen LogP contribution in [0, 0.1) is 0 Å². The van der Waals surface area contributed by atoms with E-state index in [1.54, 1.807) is 0 Å². The van der Waals surface area contributed by atoms with E-state index < -0.39 is 0 Å². The zero-order valence-corrected chi connectivity index (χ0v) is 16.1. The molecule has 142 valence electrons. The minimum atomic E-state index is 0. The van der Waals surface area contributed by atoms with Gasteiger partial charge in [-0.3, -0.25) is 9.69 Å². The molecule has 6 nitrogen and oxygen atoms in total. The number of amides is 1. The van der Waals surface area contributed by atoms with Crippen molar-refractivity contribution in [3.05, 3.63) is 48.5 Å². The number of aromatic nitrogens is 2. The number of para-hydroxylation sites is 3. The average Bonchev–Trinajstić information content (AvgIpc) is 3.08. The van der Waals surface area contributed by atoms with Crippen molar-refractivity contribution in [3.63, 3.8) is 0 Å². The number of halogens is 1. The molecule has 1 aliphatic rings. The summed E-state index contributed by atoms with van der Waals surface area (Å²) in [4.78, 5) is 25.0. The van der Waals surface area contributed by atoms with Crippen LogP contribution in [0.15, 0.2) is 48.5 Å². The molecule has 27 heavy (non-hydrogen) atoms. The number of likely N-dealkylation sites (N-methyl/N-ethyl adjacent to an activating group) is 1. The van der Waals surface area contributed by atoms with Crippen LogP contribution < -0.4 is 5.32 Å². The lowest BCUT2D eigenvalue weighted by atomic mass is 10.1. The van der Waals surface area contributed by atoms with Crippen molar-refractivity contribution in [1.29, 1.82) is 0 Å². The van der Waals surface area contributed by atoms with Gasteiger partial charge in [0.15, 0.2) is 0 Å². The first-order chi connectivity index (χ1) is 12.7. The Balaban J connectivity index is 0.00000210. The number of nitrogens with one attached hydrogen (secondary N) is 2. The van der Waals surface area contributed by atoms with Crippen molar-refractivity contribution >= 4 is 35.0 Å². The highest BCUT2D eigenvalue weighted by atomic mass is 35.5. The first kappa shape index (κ1) is 19.4. The van der Waals surface area contributed by atoms with Crippen LogP contribution in [0.1, 0.15) is 0 Å². The smallest absolute Gasteiger partial charge is 0.238 e. The number of aromatic amines is 1. The SMILES string of the molecule is CN1CCN(CC(=O)Nc2ccccc2-c2nc3ccccc3[nH]2)CC1.Cl. The van der Waals surface area contributed by atoms with E-state index in [0.29, 0.717) is 6.54 Å². The van der Waals surface area contributed by atoms with Crippen LogP contribution >= 0.6 is 12.4 Å². The Kier molecular flexibility index (Phi) is 6.11. The second kappa shape index (κ2) is 8.52. The van der Waals surface area contributed by atoms with Crippen LogP contribution in [0.5, 0.6) is 0 Å². The van der Waals surface area contributed by atoms with E-state index in [4.69, 9.17) is 0 Å². The molecule has 4 rings (SSSR count). The monoisotopic (exact) mass is 385 g/mol. The minimum absolute atomic E-state index is 0. The third-order valence-electron chi connectivity index (χ3n) is 4.81. The highest BCUT2D eigenvalue weighted by Crippen LogP contribution is 2.27. The summed E-state index contributed by atoms with van der Waals surface area (Å²) < 4.78 is 0. The van der Waals surface area contributed by atoms with Crippen LogP contribution in [0.3, 0.4) is 0 Å². The molecule has 0 bridgehead atoms. The molecule has 0 atom stereocenters. The second-order valence-electron chi connectivity index (χ2n) is 6.78. The number of hydrogen-bond donors (Lipinski definition) is 2. The lowest BCUT2D eigenvalue weighted by Crippen LogP contribution is -2.47. The molecule has 0 saturated carbocycles. The molecule has 7 heteroatoms. The maximum atomic E-state index is 12.5. The van der Waals surface area contributed by atoms with Crippen LogP contribution in [0.2, 0.25) is 0 Å². The summed E-state index contributed by atoms with van der Waals surface area (Å²) in [6, 6.07) is 15.7. The molecular formula is C20H24ClN5O. The highest BCUT2D eigenvalue weighted by Gasteiger charge is 2.18. The van der Waals surface area contributed by atoms with Crippen molar-refractivity contribution in [2.24, 2.45) is 0 Å². The van der Waals surface area contributed by atoms with Gasteiger partial charge in [0.2, 0.25) is 5.91 Å². The summed E-state index contributed by atoms with van der Waals surface area (Å²) in [5, 5.41) is 3.06. The van der Waals surface area contributed by atoms with Gasteiger partial charge in [-0.2, -0.15) is 0 Å². The van der Waals surface area contributed by atoms with Crippen molar-refractivity contribution in [2.75, 3.05) is 45.1 Å². The number of anilines is 1. The average molecular weight is 386 g/mol. The normalized spacial score (nSPS) is 15.4.